The molecule has 5 nitrogen and oxygen atoms in total. The van der Waals surface area contributed by atoms with Crippen molar-refractivity contribution in [1.82, 2.24) is 10.3 Å². The largest absolute Gasteiger partial charge is 0.350 e. The van der Waals surface area contributed by atoms with Gasteiger partial charge in [0.15, 0.2) is 0 Å². The van der Waals surface area contributed by atoms with E-state index in [1.165, 1.54) is 12.4 Å². The first-order chi connectivity index (χ1) is 11.0. The predicted octanol–water partition coefficient (Wildman–Crippen LogP) is 2.89. The van der Waals surface area contributed by atoms with Crippen molar-refractivity contribution in [2.75, 3.05) is 11.4 Å². The summed E-state index contributed by atoms with van der Waals surface area (Å²) in [6.45, 7) is 6.21. The van der Waals surface area contributed by atoms with E-state index >= 15 is 0 Å². The van der Waals surface area contributed by atoms with E-state index in [0.29, 0.717) is 17.7 Å². The zero-order chi connectivity index (χ0) is 16.8. The van der Waals surface area contributed by atoms with Crippen molar-refractivity contribution >= 4 is 17.5 Å². The van der Waals surface area contributed by atoms with Crippen LogP contribution in [-0.4, -0.2) is 29.4 Å². The van der Waals surface area contributed by atoms with Gasteiger partial charge in [0.05, 0.1) is 11.1 Å². The van der Waals surface area contributed by atoms with Gasteiger partial charge in [0.25, 0.3) is 11.8 Å². The van der Waals surface area contributed by atoms with Crippen molar-refractivity contribution in [3.8, 4) is 0 Å². The standard InChI is InChI=1S/C18H21N3O2/c1-4-21(16-8-6-5-7-9-16)18(23)15-10-14(11-19-12-15)17(22)20-13(2)3/h5-13H,4H2,1-3H3,(H,20,22). The van der Waals surface area contributed by atoms with Gasteiger partial charge < -0.3 is 10.2 Å². The molecule has 0 unspecified atom stereocenters. The molecule has 0 aliphatic rings. The van der Waals surface area contributed by atoms with Crippen molar-refractivity contribution in [3.63, 3.8) is 0 Å². The minimum Gasteiger partial charge on any atom is -0.350 e. The topological polar surface area (TPSA) is 62.3 Å². The summed E-state index contributed by atoms with van der Waals surface area (Å²) in [4.78, 5) is 30.5. The number of rotatable bonds is 5. The lowest BCUT2D eigenvalue weighted by Gasteiger charge is -2.21. The Balaban J connectivity index is 2.27. The van der Waals surface area contributed by atoms with Crippen LogP contribution in [0.3, 0.4) is 0 Å². The number of aromatic nitrogens is 1. The van der Waals surface area contributed by atoms with E-state index in [9.17, 15) is 9.59 Å². The lowest BCUT2D eigenvalue weighted by atomic mass is 10.1. The summed E-state index contributed by atoms with van der Waals surface area (Å²) in [5.41, 5.74) is 1.60. The van der Waals surface area contributed by atoms with Gasteiger partial charge in [0.2, 0.25) is 0 Å². The average molecular weight is 311 g/mol. The minimum absolute atomic E-state index is 0.0262. The number of carbonyl (C=O) groups excluding carboxylic acids is 2. The number of nitrogens with zero attached hydrogens (tertiary/aromatic N) is 2. The Bertz CT molecular complexity index is 684. The third-order valence-corrected chi connectivity index (χ3v) is 3.30. The van der Waals surface area contributed by atoms with Gasteiger partial charge in [-0.2, -0.15) is 0 Å². The van der Waals surface area contributed by atoms with E-state index in [1.807, 2.05) is 51.1 Å². The second kappa shape index (κ2) is 7.54. The van der Waals surface area contributed by atoms with Crippen LogP contribution in [0.5, 0.6) is 0 Å². The lowest BCUT2D eigenvalue weighted by Crippen LogP contribution is -2.32. The SMILES string of the molecule is CCN(C(=O)c1cncc(C(=O)NC(C)C)c1)c1ccccc1. The molecule has 0 aliphatic heterocycles. The molecule has 1 aromatic carbocycles. The number of carbonyl (C=O) groups is 2. The van der Waals surface area contributed by atoms with E-state index in [-0.39, 0.29) is 17.9 Å². The van der Waals surface area contributed by atoms with E-state index in [1.54, 1.807) is 11.0 Å². The number of hydrogen-bond acceptors (Lipinski definition) is 3. The van der Waals surface area contributed by atoms with E-state index in [4.69, 9.17) is 0 Å². The van der Waals surface area contributed by atoms with Crippen molar-refractivity contribution < 1.29 is 9.59 Å². The van der Waals surface area contributed by atoms with Crippen molar-refractivity contribution in [3.05, 3.63) is 59.9 Å². The summed E-state index contributed by atoms with van der Waals surface area (Å²) < 4.78 is 0. The van der Waals surface area contributed by atoms with E-state index in [2.05, 4.69) is 10.3 Å². The molecule has 0 fully saturated rings. The van der Waals surface area contributed by atoms with Crippen LogP contribution in [0.25, 0.3) is 0 Å². The summed E-state index contributed by atoms with van der Waals surface area (Å²) in [7, 11) is 0. The fourth-order valence-corrected chi connectivity index (χ4v) is 2.23. The molecule has 0 saturated heterocycles. The monoisotopic (exact) mass is 311 g/mol. The molecule has 120 valence electrons. The van der Waals surface area contributed by atoms with Gasteiger partial charge in [-0.3, -0.25) is 14.6 Å². The predicted molar refractivity (Wildman–Crippen MR) is 90.6 cm³/mol. The summed E-state index contributed by atoms with van der Waals surface area (Å²) in [6, 6.07) is 11.0. The van der Waals surface area contributed by atoms with Crippen molar-refractivity contribution in [2.24, 2.45) is 0 Å². The normalized spacial score (nSPS) is 10.4. The number of benzene rings is 1. The molecule has 0 saturated carbocycles. The molecule has 2 aromatic rings. The quantitative estimate of drug-likeness (QED) is 0.923. The highest BCUT2D eigenvalue weighted by Crippen LogP contribution is 2.16. The number of amides is 2. The molecule has 23 heavy (non-hydrogen) atoms. The molecular weight excluding hydrogens is 290 g/mol. The molecule has 1 heterocycles. The zero-order valence-corrected chi connectivity index (χ0v) is 13.6. The van der Waals surface area contributed by atoms with Gasteiger partial charge >= 0.3 is 0 Å². The fourth-order valence-electron chi connectivity index (χ4n) is 2.23. The van der Waals surface area contributed by atoms with Crippen LogP contribution in [0.4, 0.5) is 5.69 Å². The number of anilines is 1. The van der Waals surface area contributed by atoms with Gasteiger partial charge in [0, 0.05) is 30.7 Å². The van der Waals surface area contributed by atoms with Crippen molar-refractivity contribution in [2.45, 2.75) is 26.8 Å². The molecule has 0 radical (unpaired) electrons. The summed E-state index contributed by atoms with van der Waals surface area (Å²) in [5.74, 6) is -0.407. The minimum atomic E-state index is -0.232. The Morgan fingerprint density at radius 3 is 2.39 bits per heavy atom. The fraction of sp³-hybridized carbons (Fsp3) is 0.278. The smallest absolute Gasteiger partial charge is 0.259 e. The zero-order valence-electron chi connectivity index (χ0n) is 13.6. The summed E-state index contributed by atoms with van der Waals surface area (Å²) in [6.07, 6.45) is 2.95. The van der Waals surface area contributed by atoms with E-state index in [0.717, 1.165) is 5.69 Å². The average Bonchev–Trinajstić information content (AvgIpc) is 2.56. The Hall–Kier alpha value is -2.69. The van der Waals surface area contributed by atoms with E-state index < -0.39 is 0 Å². The first-order valence-electron chi connectivity index (χ1n) is 7.65. The van der Waals surface area contributed by atoms with Gasteiger partial charge in [0.1, 0.15) is 0 Å². The lowest BCUT2D eigenvalue weighted by molar-refractivity contribution is 0.0942. The Morgan fingerprint density at radius 1 is 1.13 bits per heavy atom. The highest BCUT2D eigenvalue weighted by atomic mass is 16.2. The van der Waals surface area contributed by atoms with Crippen LogP contribution in [0, 0.1) is 0 Å². The van der Waals surface area contributed by atoms with Gasteiger partial charge in [-0.25, -0.2) is 0 Å². The second-order valence-corrected chi connectivity index (χ2v) is 5.48. The maximum atomic E-state index is 12.7. The first kappa shape index (κ1) is 16.7. The third kappa shape index (κ3) is 4.16. The Kier molecular flexibility index (Phi) is 5.46. The maximum absolute atomic E-state index is 12.7. The first-order valence-corrected chi connectivity index (χ1v) is 7.65. The summed E-state index contributed by atoms with van der Waals surface area (Å²) >= 11 is 0. The highest BCUT2D eigenvalue weighted by Gasteiger charge is 2.18. The molecule has 1 aromatic heterocycles. The second-order valence-electron chi connectivity index (χ2n) is 5.48. The molecule has 0 aliphatic carbocycles. The third-order valence-electron chi connectivity index (χ3n) is 3.30. The highest BCUT2D eigenvalue weighted by molar-refractivity contribution is 6.07. The molecule has 2 rings (SSSR count). The maximum Gasteiger partial charge on any atom is 0.259 e. The van der Waals surface area contributed by atoms with Crippen LogP contribution >= 0.6 is 0 Å². The van der Waals surface area contributed by atoms with Crippen LogP contribution in [0.15, 0.2) is 48.8 Å². The van der Waals surface area contributed by atoms with Crippen molar-refractivity contribution in [1.29, 1.82) is 0 Å². The molecule has 0 spiro atoms. The van der Waals surface area contributed by atoms with Gasteiger partial charge in [-0.1, -0.05) is 18.2 Å². The van der Waals surface area contributed by atoms with Crippen LogP contribution in [0.1, 0.15) is 41.5 Å². The molecule has 0 bridgehead atoms. The van der Waals surface area contributed by atoms with Crippen LogP contribution in [-0.2, 0) is 0 Å². The molecule has 0 atom stereocenters. The van der Waals surface area contributed by atoms with Crippen LogP contribution in [0.2, 0.25) is 0 Å². The Morgan fingerprint density at radius 2 is 1.78 bits per heavy atom. The number of hydrogen-bond donors (Lipinski definition) is 1. The molecule has 1 N–H and O–H groups in total. The van der Waals surface area contributed by atoms with Crippen LogP contribution < -0.4 is 10.2 Å². The number of para-hydroxylation sites is 1. The number of nitrogens with one attached hydrogen (secondary N) is 1. The van der Waals surface area contributed by atoms with Gasteiger partial charge in [-0.05, 0) is 39.0 Å². The van der Waals surface area contributed by atoms with Gasteiger partial charge in [-0.15, -0.1) is 0 Å². The number of pyridine rings is 1. The molecular formula is C18H21N3O2. The molecule has 5 heteroatoms. The summed E-state index contributed by atoms with van der Waals surface area (Å²) in [5, 5.41) is 2.80. The molecule has 2 amide bonds. The Labute approximate surface area is 136 Å².